The van der Waals surface area contributed by atoms with Crippen LogP contribution < -0.4 is 15.6 Å². The zero-order chi connectivity index (χ0) is 15.5. The second kappa shape index (κ2) is 6.01. The van der Waals surface area contributed by atoms with Crippen LogP contribution >= 0.6 is 0 Å². The molecule has 0 aliphatic carbocycles. The van der Waals surface area contributed by atoms with E-state index in [4.69, 9.17) is 4.74 Å². The lowest BCUT2D eigenvalue weighted by atomic mass is 10.1. The van der Waals surface area contributed by atoms with Gasteiger partial charge < -0.3 is 15.0 Å². The van der Waals surface area contributed by atoms with Crippen LogP contribution in [0.4, 0.5) is 0 Å². The van der Waals surface area contributed by atoms with Gasteiger partial charge in [-0.2, -0.15) is 0 Å². The first-order valence-electron chi connectivity index (χ1n) is 6.59. The predicted octanol–water partition coefficient (Wildman–Crippen LogP) is 1.12. The van der Waals surface area contributed by atoms with Crippen LogP contribution in [-0.4, -0.2) is 32.6 Å². The van der Waals surface area contributed by atoms with Crippen molar-refractivity contribution in [3.8, 4) is 17.4 Å². The SMILES string of the molecule is COc1cc(-c2nc(CNC(C)(C)C)cc(=O)[nH]2)ncn1. The van der Waals surface area contributed by atoms with E-state index in [-0.39, 0.29) is 11.1 Å². The summed E-state index contributed by atoms with van der Waals surface area (Å²) in [5.74, 6) is 0.815. The van der Waals surface area contributed by atoms with Crippen LogP contribution in [0.1, 0.15) is 26.5 Å². The summed E-state index contributed by atoms with van der Waals surface area (Å²) in [5.41, 5.74) is 0.892. The van der Waals surface area contributed by atoms with Crippen LogP contribution in [0.2, 0.25) is 0 Å². The lowest BCUT2D eigenvalue weighted by Gasteiger charge is -2.20. The maximum atomic E-state index is 11.8. The van der Waals surface area contributed by atoms with Gasteiger partial charge in [0.05, 0.1) is 12.8 Å². The van der Waals surface area contributed by atoms with E-state index in [1.54, 1.807) is 6.07 Å². The Kier molecular flexibility index (Phi) is 4.32. The van der Waals surface area contributed by atoms with Crippen molar-refractivity contribution < 1.29 is 4.74 Å². The fraction of sp³-hybridized carbons (Fsp3) is 0.429. The van der Waals surface area contributed by atoms with Gasteiger partial charge >= 0.3 is 0 Å². The molecule has 0 atom stereocenters. The van der Waals surface area contributed by atoms with Gasteiger partial charge in [-0.25, -0.2) is 15.0 Å². The van der Waals surface area contributed by atoms with Crippen molar-refractivity contribution in [1.82, 2.24) is 25.3 Å². The van der Waals surface area contributed by atoms with Gasteiger partial charge in [-0.15, -0.1) is 0 Å². The molecule has 7 nitrogen and oxygen atoms in total. The Balaban J connectivity index is 2.32. The largest absolute Gasteiger partial charge is 0.481 e. The molecule has 0 fully saturated rings. The average Bonchev–Trinajstić information content (AvgIpc) is 2.44. The van der Waals surface area contributed by atoms with Crippen LogP contribution in [0.5, 0.6) is 5.88 Å². The van der Waals surface area contributed by atoms with E-state index in [1.807, 2.05) is 0 Å². The minimum atomic E-state index is -0.219. The van der Waals surface area contributed by atoms with Crippen LogP contribution in [0, 0.1) is 0 Å². The molecule has 7 heteroatoms. The van der Waals surface area contributed by atoms with Crippen LogP contribution in [-0.2, 0) is 6.54 Å². The first-order valence-corrected chi connectivity index (χ1v) is 6.59. The second-order valence-electron chi connectivity index (χ2n) is 5.63. The van der Waals surface area contributed by atoms with Crippen molar-refractivity contribution in [1.29, 1.82) is 0 Å². The highest BCUT2D eigenvalue weighted by Gasteiger charge is 2.11. The van der Waals surface area contributed by atoms with Crippen molar-refractivity contribution in [2.75, 3.05) is 7.11 Å². The second-order valence-corrected chi connectivity index (χ2v) is 5.63. The molecule has 0 saturated heterocycles. The number of aromatic nitrogens is 4. The average molecular weight is 289 g/mol. The summed E-state index contributed by atoms with van der Waals surface area (Å²) in [7, 11) is 1.52. The minimum Gasteiger partial charge on any atom is -0.481 e. The summed E-state index contributed by atoms with van der Waals surface area (Å²) in [6.07, 6.45) is 1.37. The van der Waals surface area contributed by atoms with Gasteiger partial charge in [-0.3, -0.25) is 4.79 Å². The number of nitrogens with one attached hydrogen (secondary N) is 2. The summed E-state index contributed by atoms with van der Waals surface area (Å²) < 4.78 is 5.05. The molecule has 21 heavy (non-hydrogen) atoms. The molecule has 0 unspecified atom stereocenters. The van der Waals surface area contributed by atoms with E-state index in [1.165, 1.54) is 19.5 Å². The van der Waals surface area contributed by atoms with E-state index >= 15 is 0 Å². The predicted molar refractivity (Wildman–Crippen MR) is 79.0 cm³/mol. The molecule has 2 aromatic heterocycles. The summed E-state index contributed by atoms with van der Waals surface area (Å²) in [5, 5.41) is 3.29. The Morgan fingerprint density at radius 3 is 2.71 bits per heavy atom. The van der Waals surface area contributed by atoms with Gasteiger partial charge in [-0.1, -0.05) is 0 Å². The number of methoxy groups -OCH3 is 1. The van der Waals surface area contributed by atoms with Gasteiger partial charge in [0.1, 0.15) is 12.0 Å². The fourth-order valence-corrected chi connectivity index (χ4v) is 1.66. The number of ether oxygens (including phenoxy) is 1. The molecule has 0 aromatic carbocycles. The molecule has 2 aromatic rings. The molecule has 2 heterocycles. The number of hydrogen-bond acceptors (Lipinski definition) is 6. The molecule has 0 amide bonds. The highest BCUT2D eigenvalue weighted by atomic mass is 16.5. The Morgan fingerprint density at radius 2 is 2.05 bits per heavy atom. The number of H-pyrrole nitrogens is 1. The highest BCUT2D eigenvalue weighted by Crippen LogP contribution is 2.14. The maximum absolute atomic E-state index is 11.8. The molecule has 0 bridgehead atoms. The minimum absolute atomic E-state index is 0.0530. The van der Waals surface area contributed by atoms with Crippen LogP contribution in [0.15, 0.2) is 23.3 Å². The number of nitrogens with zero attached hydrogens (tertiary/aromatic N) is 3. The van der Waals surface area contributed by atoms with Crippen molar-refractivity contribution >= 4 is 0 Å². The Morgan fingerprint density at radius 1 is 1.29 bits per heavy atom. The number of aromatic amines is 1. The van der Waals surface area contributed by atoms with Crippen molar-refractivity contribution in [2.45, 2.75) is 32.9 Å². The zero-order valence-electron chi connectivity index (χ0n) is 12.6. The standard InChI is InChI=1S/C14H19N5O2/c1-14(2,3)17-7-9-5-11(20)19-13(18-9)10-6-12(21-4)16-8-15-10/h5-6,8,17H,7H2,1-4H3,(H,18,19,20). The first-order chi connectivity index (χ1) is 9.87. The molecule has 0 aliphatic rings. The van der Waals surface area contributed by atoms with E-state index < -0.39 is 0 Å². The topological polar surface area (TPSA) is 92.8 Å². The van der Waals surface area contributed by atoms with Gasteiger partial charge in [-0.05, 0) is 20.8 Å². The van der Waals surface area contributed by atoms with Gasteiger partial charge in [0.15, 0.2) is 5.82 Å². The van der Waals surface area contributed by atoms with Crippen molar-refractivity contribution in [2.24, 2.45) is 0 Å². The van der Waals surface area contributed by atoms with E-state index in [2.05, 4.69) is 46.0 Å². The molecule has 0 spiro atoms. The first kappa shape index (κ1) is 15.1. The maximum Gasteiger partial charge on any atom is 0.251 e. The molecule has 0 radical (unpaired) electrons. The van der Waals surface area contributed by atoms with Gasteiger partial charge in [0, 0.05) is 24.2 Å². The third kappa shape index (κ3) is 4.35. The van der Waals surface area contributed by atoms with Crippen molar-refractivity contribution in [3.05, 3.63) is 34.5 Å². The molecule has 2 rings (SSSR count). The lowest BCUT2D eigenvalue weighted by Crippen LogP contribution is -2.35. The van der Waals surface area contributed by atoms with E-state index in [0.29, 0.717) is 29.6 Å². The zero-order valence-corrected chi connectivity index (χ0v) is 12.6. The molecular formula is C14H19N5O2. The molecule has 0 aliphatic heterocycles. The van der Waals surface area contributed by atoms with Crippen LogP contribution in [0.3, 0.4) is 0 Å². The normalized spacial score (nSPS) is 11.4. The molecule has 2 N–H and O–H groups in total. The Labute approximate surface area is 122 Å². The van der Waals surface area contributed by atoms with Crippen molar-refractivity contribution in [3.63, 3.8) is 0 Å². The Bertz CT molecular complexity index is 676. The Hall–Kier alpha value is -2.28. The summed E-state index contributed by atoms with van der Waals surface area (Å²) in [6, 6.07) is 3.10. The van der Waals surface area contributed by atoms with Gasteiger partial charge in [0.2, 0.25) is 5.88 Å². The molecule has 0 saturated carbocycles. The highest BCUT2D eigenvalue weighted by molar-refractivity contribution is 5.49. The smallest absolute Gasteiger partial charge is 0.251 e. The fourth-order valence-electron chi connectivity index (χ4n) is 1.66. The van der Waals surface area contributed by atoms with Gasteiger partial charge in [0.25, 0.3) is 5.56 Å². The number of rotatable bonds is 4. The van der Waals surface area contributed by atoms with E-state index in [0.717, 1.165) is 0 Å². The third-order valence-corrected chi connectivity index (χ3v) is 2.69. The monoisotopic (exact) mass is 289 g/mol. The molecular weight excluding hydrogens is 270 g/mol. The third-order valence-electron chi connectivity index (χ3n) is 2.69. The van der Waals surface area contributed by atoms with E-state index in [9.17, 15) is 4.79 Å². The number of hydrogen-bond donors (Lipinski definition) is 2. The lowest BCUT2D eigenvalue weighted by molar-refractivity contribution is 0.397. The quantitative estimate of drug-likeness (QED) is 0.876. The van der Waals surface area contributed by atoms with Crippen LogP contribution in [0.25, 0.3) is 11.5 Å². The summed E-state index contributed by atoms with van der Waals surface area (Å²) in [6.45, 7) is 6.66. The summed E-state index contributed by atoms with van der Waals surface area (Å²) >= 11 is 0. The molecule has 112 valence electrons. The summed E-state index contributed by atoms with van der Waals surface area (Å²) in [4.78, 5) is 26.9.